The van der Waals surface area contributed by atoms with Crippen LogP contribution in [0, 0.1) is 5.82 Å². The molecule has 0 unspecified atom stereocenters. The van der Waals surface area contributed by atoms with Gasteiger partial charge in [-0.1, -0.05) is 5.21 Å². The van der Waals surface area contributed by atoms with Gasteiger partial charge in [0.1, 0.15) is 5.82 Å². The minimum atomic E-state index is -0.290. The van der Waals surface area contributed by atoms with E-state index in [4.69, 9.17) is 5.73 Å². The molecule has 1 aromatic carbocycles. The molecule has 1 heterocycles. The standard InChI is InChI=1S/C11H10BrFN4/c12-8-5-7(13)3-4-9(8)17-10(6-1-2-6)11(14)15-16-17/h3-6H,1-2,14H2. The average Bonchev–Trinajstić information content (AvgIpc) is 3.03. The second kappa shape index (κ2) is 3.80. The highest BCUT2D eigenvalue weighted by atomic mass is 79.9. The van der Waals surface area contributed by atoms with E-state index in [0.717, 1.165) is 24.2 Å². The van der Waals surface area contributed by atoms with Gasteiger partial charge in [-0.3, -0.25) is 0 Å². The number of halogens is 2. The van der Waals surface area contributed by atoms with Crippen molar-refractivity contribution in [3.05, 3.63) is 34.2 Å². The third kappa shape index (κ3) is 1.82. The van der Waals surface area contributed by atoms with Crippen LogP contribution in [0.15, 0.2) is 22.7 Å². The summed E-state index contributed by atoms with van der Waals surface area (Å²) in [7, 11) is 0. The van der Waals surface area contributed by atoms with Crippen LogP contribution in [0.25, 0.3) is 5.69 Å². The highest BCUT2D eigenvalue weighted by molar-refractivity contribution is 9.10. The molecule has 0 aliphatic heterocycles. The first-order valence-corrected chi connectivity index (χ1v) is 6.12. The number of hydrogen-bond acceptors (Lipinski definition) is 3. The highest BCUT2D eigenvalue weighted by Gasteiger charge is 2.31. The smallest absolute Gasteiger partial charge is 0.169 e. The van der Waals surface area contributed by atoms with Crippen molar-refractivity contribution in [3.63, 3.8) is 0 Å². The average molecular weight is 297 g/mol. The minimum absolute atomic E-state index is 0.290. The molecule has 2 N–H and O–H groups in total. The van der Waals surface area contributed by atoms with Gasteiger partial charge in [0.05, 0.1) is 11.4 Å². The lowest BCUT2D eigenvalue weighted by Gasteiger charge is -2.07. The minimum Gasteiger partial charge on any atom is -0.381 e. The van der Waals surface area contributed by atoms with Gasteiger partial charge in [0.15, 0.2) is 5.82 Å². The van der Waals surface area contributed by atoms with Gasteiger partial charge in [0.25, 0.3) is 0 Å². The molecule has 0 saturated heterocycles. The summed E-state index contributed by atoms with van der Waals surface area (Å²) in [6.45, 7) is 0. The molecule has 0 spiro atoms. The number of anilines is 1. The normalized spacial score (nSPS) is 15.2. The summed E-state index contributed by atoms with van der Waals surface area (Å²) in [5.41, 5.74) is 7.51. The molecule has 1 fully saturated rings. The molecule has 4 nitrogen and oxygen atoms in total. The molecule has 2 aromatic rings. The first kappa shape index (κ1) is 10.7. The van der Waals surface area contributed by atoms with Crippen molar-refractivity contribution in [1.82, 2.24) is 15.0 Å². The first-order valence-electron chi connectivity index (χ1n) is 5.33. The fourth-order valence-electron chi connectivity index (χ4n) is 1.87. The predicted molar refractivity (Wildman–Crippen MR) is 65.4 cm³/mol. The third-order valence-electron chi connectivity index (χ3n) is 2.83. The Morgan fingerprint density at radius 3 is 2.82 bits per heavy atom. The third-order valence-corrected chi connectivity index (χ3v) is 3.47. The lowest BCUT2D eigenvalue weighted by Crippen LogP contribution is -2.03. The lowest BCUT2D eigenvalue weighted by atomic mass is 10.2. The molecule has 17 heavy (non-hydrogen) atoms. The van der Waals surface area contributed by atoms with E-state index >= 15 is 0 Å². The zero-order valence-electron chi connectivity index (χ0n) is 8.90. The van der Waals surface area contributed by atoms with Crippen LogP contribution >= 0.6 is 15.9 Å². The van der Waals surface area contributed by atoms with E-state index in [1.165, 1.54) is 12.1 Å². The van der Waals surface area contributed by atoms with Gasteiger partial charge in [0.2, 0.25) is 0 Å². The van der Waals surface area contributed by atoms with E-state index in [1.54, 1.807) is 10.7 Å². The van der Waals surface area contributed by atoms with Gasteiger partial charge in [-0.25, -0.2) is 9.07 Å². The topological polar surface area (TPSA) is 56.7 Å². The Morgan fingerprint density at radius 2 is 2.18 bits per heavy atom. The molecular formula is C11H10BrFN4. The maximum absolute atomic E-state index is 13.0. The fourth-order valence-corrected chi connectivity index (χ4v) is 2.39. The highest BCUT2D eigenvalue weighted by Crippen LogP contribution is 2.43. The van der Waals surface area contributed by atoms with Crippen LogP contribution in [0.5, 0.6) is 0 Å². The van der Waals surface area contributed by atoms with Crippen LogP contribution in [0.3, 0.4) is 0 Å². The van der Waals surface area contributed by atoms with Crippen LogP contribution in [0.1, 0.15) is 24.5 Å². The summed E-state index contributed by atoms with van der Waals surface area (Å²) in [5, 5.41) is 7.92. The van der Waals surface area contributed by atoms with Crippen LogP contribution in [0.2, 0.25) is 0 Å². The Bertz CT molecular complexity index is 577. The SMILES string of the molecule is Nc1nnn(-c2ccc(F)cc2Br)c1C1CC1. The number of benzene rings is 1. The molecule has 0 radical (unpaired) electrons. The number of nitrogen functional groups attached to an aromatic ring is 1. The molecule has 3 rings (SSSR count). The van der Waals surface area contributed by atoms with Crippen molar-refractivity contribution in [2.45, 2.75) is 18.8 Å². The number of nitrogens with two attached hydrogens (primary N) is 1. The van der Waals surface area contributed by atoms with Crippen molar-refractivity contribution in [1.29, 1.82) is 0 Å². The van der Waals surface area contributed by atoms with Crippen LogP contribution in [0.4, 0.5) is 10.2 Å². The summed E-state index contributed by atoms with van der Waals surface area (Å²) in [6, 6.07) is 4.47. The van der Waals surface area contributed by atoms with E-state index < -0.39 is 0 Å². The molecule has 88 valence electrons. The fraction of sp³-hybridized carbons (Fsp3) is 0.273. The van der Waals surface area contributed by atoms with E-state index in [1.807, 2.05) is 0 Å². The largest absolute Gasteiger partial charge is 0.381 e. The molecular weight excluding hydrogens is 287 g/mol. The Kier molecular flexibility index (Phi) is 2.39. The number of hydrogen-bond donors (Lipinski definition) is 1. The summed E-state index contributed by atoms with van der Waals surface area (Å²) < 4.78 is 15.4. The van der Waals surface area contributed by atoms with Gasteiger partial charge in [-0.2, -0.15) is 0 Å². The molecule has 1 saturated carbocycles. The summed E-state index contributed by atoms with van der Waals surface area (Å²) in [5.74, 6) is 0.604. The summed E-state index contributed by atoms with van der Waals surface area (Å²) >= 11 is 3.33. The second-order valence-corrected chi connectivity index (χ2v) is 5.00. The van der Waals surface area contributed by atoms with E-state index in [-0.39, 0.29) is 5.82 Å². The van der Waals surface area contributed by atoms with E-state index in [2.05, 4.69) is 26.2 Å². The van der Waals surface area contributed by atoms with Crippen molar-refractivity contribution in [3.8, 4) is 5.69 Å². The van der Waals surface area contributed by atoms with Gasteiger partial charge in [-0.15, -0.1) is 5.10 Å². The van der Waals surface area contributed by atoms with Crippen molar-refractivity contribution < 1.29 is 4.39 Å². The number of rotatable bonds is 2. The predicted octanol–water partition coefficient (Wildman–Crippen LogP) is 2.63. The number of aromatic nitrogens is 3. The second-order valence-electron chi connectivity index (χ2n) is 4.14. The van der Waals surface area contributed by atoms with Gasteiger partial charge >= 0.3 is 0 Å². The van der Waals surface area contributed by atoms with Crippen LogP contribution < -0.4 is 5.73 Å². The van der Waals surface area contributed by atoms with Crippen molar-refractivity contribution in [2.75, 3.05) is 5.73 Å². The molecule has 0 atom stereocenters. The van der Waals surface area contributed by atoms with Crippen LogP contribution in [-0.2, 0) is 0 Å². The molecule has 6 heteroatoms. The zero-order chi connectivity index (χ0) is 12.0. The summed E-state index contributed by atoms with van der Waals surface area (Å²) in [4.78, 5) is 0. The molecule has 0 amide bonds. The Hall–Kier alpha value is -1.43. The van der Waals surface area contributed by atoms with Crippen molar-refractivity contribution >= 4 is 21.7 Å². The van der Waals surface area contributed by atoms with Crippen LogP contribution in [-0.4, -0.2) is 15.0 Å². The van der Waals surface area contributed by atoms with E-state index in [0.29, 0.717) is 16.2 Å². The maximum Gasteiger partial charge on any atom is 0.169 e. The van der Waals surface area contributed by atoms with Gasteiger partial charge in [-0.05, 0) is 47.0 Å². The molecule has 1 aliphatic carbocycles. The molecule has 1 aromatic heterocycles. The molecule has 0 bridgehead atoms. The Labute approximate surface area is 106 Å². The quantitative estimate of drug-likeness (QED) is 0.927. The Morgan fingerprint density at radius 1 is 1.41 bits per heavy atom. The Balaban J connectivity index is 2.14. The lowest BCUT2D eigenvalue weighted by molar-refractivity contribution is 0.625. The van der Waals surface area contributed by atoms with Gasteiger partial charge < -0.3 is 5.73 Å². The summed E-state index contributed by atoms with van der Waals surface area (Å²) in [6.07, 6.45) is 2.22. The van der Waals surface area contributed by atoms with E-state index in [9.17, 15) is 4.39 Å². The number of nitrogens with zero attached hydrogens (tertiary/aromatic N) is 3. The van der Waals surface area contributed by atoms with Crippen molar-refractivity contribution in [2.24, 2.45) is 0 Å². The maximum atomic E-state index is 13.0. The first-order chi connectivity index (χ1) is 8.16. The molecule has 1 aliphatic rings. The monoisotopic (exact) mass is 296 g/mol. The zero-order valence-corrected chi connectivity index (χ0v) is 10.5. The van der Waals surface area contributed by atoms with Gasteiger partial charge in [0, 0.05) is 10.4 Å².